The Morgan fingerprint density at radius 3 is 2.57 bits per heavy atom. The Morgan fingerprint density at radius 1 is 1.86 bits per heavy atom. The molecule has 0 aliphatic carbocycles. The number of rotatable bonds is 3. The van der Waals surface area contributed by atoms with E-state index in [-0.39, 0.29) is 0 Å². The zero-order valence-corrected chi connectivity index (χ0v) is 4.61. The lowest BCUT2D eigenvalue weighted by Gasteiger charge is -1.96. The first-order valence-corrected chi connectivity index (χ1v) is 2.35. The van der Waals surface area contributed by atoms with Crippen molar-refractivity contribution in [2.24, 2.45) is 5.90 Å². The molecule has 0 atom stereocenters. The van der Waals surface area contributed by atoms with Crippen molar-refractivity contribution in [2.45, 2.75) is 19.8 Å². The Kier molecular flexibility index (Phi) is 3.42. The summed E-state index contributed by atoms with van der Waals surface area (Å²) in [5.41, 5.74) is 0. The van der Waals surface area contributed by atoms with Crippen LogP contribution in [-0.2, 0) is 4.84 Å². The summed E-state index contributed by atoms with van der Waals surface area (Å²) < 4.78 is 0. The lowest BCUT2D eigenvalue weighted by atomic mass is 10.3. The summed E-state index contributed by atoms with van der Waals surface area (Å²) in [5.74, 6) is 5.41. The molecule has 2 heteroatoms. The molecule has 0 aromatic heterocycles. The average molecular weight is 101 g/mol. The first-order valence-electron chi connectivity index (χ1n) is 2.35. The van der Waals surface area contributed by atoms with E-state index in [0.29, 0.717) is 5.76 Å². The van der Waals surface area contributed by atoms with E-state index in [0.717, 1.165) is 12.8 Å². The topological polar surface area (TPSA) is 35.2 Å². The van der Waals surface area contributed by atoms with Crippen LogP contribution in [0.4, 0.5) is 0 Å². The van der Waals surface area contributed by atoms with Crippen LogP contribution in [0.1, 0.15) is 19.8 Å². The highest BCUT2D eigenvalue weighted by molar-refractivity contribution is 4.79. The quantitative estimate of drug-likeness (QED) is 0.428. The zero-order valence-electron chi connectivity index (χ0n) is 4.61. The molecule has 0 aromatic rings. The maximum atomic E-state index is 4.76. The largest absolute Gasteiger partial charge is 0.417 e. The van der Waals surface area contributed by atoms with Gasteiger partial charge in [0.1, 0.15) is 5.76 Å². The highest BCUT2D eigenvalue weighted by atomic mass is 16.6. The molecule has 0 amide bonds. The van der Waals surface area contributed by atoms with Crippen LogP contribution in [0.5, 0.6) is 0 Å². The molecule has 2 N–H and O–H groups in total. The van der Waals surface area contributed by atoms with Crippen LogP contribution in [0.15, 0.2) is 12.3 Å². The Balaban J connectivity index is 3.00. The molecule has 0 rings (SSSR count). The van der Waals surface area contributed by atoms with Crippen LogP contribution < -0.4 is 5.90 Å². The predicted octanol–water partition coefficient (Wildman–Crippen LogP) is 1.19. The van der Waals surface area contributed by atoms with Gasteiger partial charge in [0.05, 0.1) is 0 Å². The zero-order chi connectivity index (χ0) is 5.70. The van der Waals surface area contributed by atoms with Crippen LogP contribution in [0.2, 0.25) is 0 Å². The number of hydrogen-bond donors (Lipinski definition) is 1. The normalized spacial score (nSPS) is 8.29. The van der Waals surface area contributed by atoms with Crippen LogP contribution in [-0.4, -0.2) is 0 Å². The van der Waals surface area contributed by atoms with E-state index < -0.39 is 0 Å². The van der Waals surface area contributed by atoms with Gasteiger partial charge >= 0.3 is 0 Å². The second kappa shape index (κ2) is 3.68. The molecule has 0 saturated heterocycles. The molecule has 0 aromatic carbocycles. The van der Waals surface area contributed by atoms with E-state index in [9.17, 15) is 0 Å². The fourth-order valence-electron chi connectivity index (χ4n) is 0.338. The molecule has 0 spiro atoms. The van der Waals surface area contributed by atoms with Gasteiger partial charge in [-0.15, -0.1) is 0 Å². The highest BCUT2D eigenvalue weighted by Gasteiger charge is 1.85. The second-order valence-corrected chi connectivity index (χ2v) is 1.41. The van der Waals surface area contributed by atoms with Gasteiger partial charge in [-0.25, -0.2) is 0 Å². The van der Waals surface area contributed by atoms with Crippen molar-refractivity contribution in [3.63, 3.8) is 0 Å². The number of hydrogen-bond acceptors (Lipinski definition) is 2. The molecule has 0 unspecified atom stereocenters. The van der Waals surface area contributed by atoms with E-state index in [2.05, 4.69) is 11.4 Å². The van der Waals surface area contributed by atoms with Crippen LogP contribution in [0, 0.1) is 0 Å². The molecule has 2 nitrogen and oxygen atoms in total. The summed E-state index contributed by atoms with van der Waals surface area (Å²) in [6, 6.07) is 0. The average Bonchev–Trinajstić information content (AvgIpc) is 1.68. The molecular weight excluding hydrogens is 90.1 g/mol. The first-order chi connectivity index (χ1) is 3.31. The van der Waals surface area contributed by atoms with E-state index in [4.69, 9.17) is 5.90 Å². The molecule has 0 aliphatic rings. The van der Waals surface area contributed by atoms with Crippen molar-refractivity contribution in [1.29, 1.82) is 0 Å². The molecule has 42 valence electrons. The van der Waals surface area contributed by atoms with E-state index in [1.54, 1.807) is 0 Å². The molecule has 0 fully saturated rings. The number of nitrogens with two attached hydrogens (primary N) is 1. The summed E-state index contributed by atoms with van der Waals surface area (Å²) in [4.78, 5) is 4.30. The Bertz CT molecular complexity index is 61.1. The van der Waals surface area contributed by atoms with Crippen LogP contribution in [0.3, 0.4) is 0 Å². The third kappa shape index (κ3) is 3.33. The lowest BCUT2D eigenvalue weighted by Crippen LogP contribution is -1.96. The summed E-state index contributed by atoms with van der Waals surface area (Å²) >= 11 is 0. The molecule has 0 heterocycles. The Labute approximate surface area is 43.9 Å². The maximum Gasteiger partial charge on any atom is 0.116 e. The van der Waals surface area contributed by atoms with Gasteiger partial charge in [-0.1, -0.05) is 13.5 Å². The fourth-order valence-corrected chi connectivity index (χ4v) is 0.338. The van der Waals surface area contributed by atoms with Crippen molar-refractivity contribution in [2.75, 3.05) is 0 Å². The van der Waals surface area contributed by atoms with Gasteiger partial charge < -0.3 is 4.84 Å². The Morgan fingerprint density at radius 2 is 2.43 bits per heavy atom. The van der Waals surface area contributed by atoms with Gasteiger partial charge in [-0.05, 0) is 6.42 Å². The predicted molar refractivity (Wildman–Crippen MR) is 29.3 cm³/mol. The van der Waals surface area contributed by atoms with Gasteiger partial charge in [0, 0.05) is 6.42 Å². The molecule has 0 radical (unpaired) electrons. The molecule has 7 heavy (non-hydrogen) atoms. The lowest BCUT2D eigenvalue weighted by molar-refractivity contribution is 0.211. The standard InChI is InChI=1S/C5H11NO/c1-3-4-5(2)7-6/h2-4,6H2,1H3. The van der Waals surface area contributed by atoms with Crippen molar-refractivity contribution in [3.05, 3.63) is 12.3 Å². The monoisotopic (exact) mass is 101 g/mol. The van der Waals surface area contributed by atoms with Crippen LogP contribution in [0.25, 0.3) is 0 Å². The van der Waals surface area contributed by atoms with Crippen molar-refractivity contribution in [3.8, 4) is 0 Å². The van der Waals surface area contributed by atoms with Crippen LogP contribution >= 0.6 is 0 Å². The van der Waals surface area contributed by atoms with Gasteiger partial charge in [-0.3, -0.25) is 0 Å². The fraction of sp³-hybridized carbons (Fsp3) is 0.600. The third-order valence-corrected chi connectivity index (χ3v) is 0.696. The van der Waals surface area contributed by atoms with E-state index in [1.165, 1.54) is 0 Å². The molecule has 0 saturated carbocycles. The second-order valence-electron chi connectivity index (χ2n) is 1.41. The van der Waals surface area contributed by atoms with Gasteiger partial charge in [0.15, 0.2) is 0 Å². The third-order valence-electron chi connectivity index (χ3n) is 0.696. The highest BCUT2D eigenvalue weighted by Crippen LogP contribution is 1.97. The molecular formula is C5H11NO. The van der Waals surface area contributed by atoms with Crippen molar-refractivity contribution < 1.29 is 4.84 Å². The molecule has 0 aliphatic heterocycles. The number of allylic oxidation sites excluding steroid dienone is 1. The van der Waals surface area contributed by atoms with Gasteiger partial charge in [0.2, 0.25) is 0 Å². The minimum atomic E-state index is 0.655. The van der Waals surface area contributed by atoms with Gasteiger partial charge in [0.25, 0.3) is 0 Å². The SMILES string of the molecule is C=C(CCC)ON. The first kappa shape index (κ1) is 6.50. The minimum absolute atomic E-state index is 0.655. The summed E-state index contributed by atoms with van der Waals surface area (Å²) in [6.07, 6.45) is 1.90. The molecule has 0 bridgehead atoms. The summed E-state index contributed by atoms with van der Waals surface area (Å²) in [6.45, 7) is 5.56. The smallest absolute Gasteiger partial charge is 0.116 e. The van der Waals surface area contributed by atoms with E-state index in [1.807, 2.05) is 6.92 Å². The van der Waals surface area contributed by atoms with E-state index >= 15 is 0 Å². The minimum Gasteiger partial charge on any atom is -0.417 e. The Hall–Kier alpha value is -0.500. The van der Waals surface area contributed by atoms with Crippen molar-refractivity contribution in [1.82, 2.24) is 0 Å². The maximum absolute atomic E-state index is 4.76. The summed E-state index contributed by atoms with van der Waals surface area (Å²) in [5, 5.41) is 0. The van der Waals surface area contributed by atoms with Gasteiger partial charge in [-0.2, -0.15) is 5.90 Å². The van der Waals surface area contributed by atoms with Crippen molar-refractivity contribution >= 4 is 0 Å². The summed E-state index contributed by atoms with van der Waals surface area (Å²) in [7, 11) is 0.